The highest BCUT2D eigenvalue weighted by Crippen LogP contribution is 2.28. The highest BCUT2D eigenvalue weighted by Gasteiger charge is 2.29. The molecule has 2 amide bonds. The standard InChI is InChI=1S/C21H30N2O2/c1-15(2)22-21(25)18-9-11-23(12-10-18)20(24)14-16-7-8-17-5-3-4-6-19(17)13-16/h3-6,15-16,18H,7-14H2,1-2H3,(H,22,25)/t16-/m1/s1. The van der Waals surface area contributed by atoms with E-state index in [1.165, 1.54) is 11.1 Å². The highest BCUT2D eigenvalue weighted by molar-refractivity contribution is 5.80. The molecule has 25 heavy (non-hydrogen) atoms. The number of carbonyl (C=O) groups is 2. The number of hydrogen-bond donors (Lipinski definition) is 1. The lowest BCUT2D eigenvalue weighted by Gasteiger charge is -2.33. The molecule has 1 N–H and O–H groups in total. The number of likely N-dealkylation sites (tertiary alicyclic amines) is 1. The van der Waals surface area contributed by atoms with Gasteiger partial charge >= 0.3 is 0 Å². The Labute approximate surface area is 151 Å². The lowest BCUT2D eigenvalue weighted by atomic mass is 9.82. The summed E-state index contributed by atoms with van der Waals surface area (Å²) >= 11 is 0. The van der Waals surface area contributed by atoms with Gasteiger partial charge in [0.2, 0.25) is 11.8 Å². The lowest BCUT2D eigenvalue weighted by Crippen LogP contribution is -2.44. The molecule has 1 heterocycles. The van der Waals surface area contributed by atoms with Crippen LogP contribution in [0.3, 0.4) is 0 Å². The Morgan fingerprint density at radius 2 is 1.80 bits per heavy atom. The van der Waals surface area contributed by atoms with Gasteiger partial charge in [-0.1, -0.05) is 24.3 Å². The number of aryl methyl sites for hydroxylation is 1. The van der Waals surface area contributed by atoms with Crippen LogP contribution in [-0.4, -0.2) is 35.8 Å². The number of amides is 2. The van der Waals surface area contributed by atoms with E-state index in [0.29, 0.717) is 12.3 Å². The molecular weight excluding hydrogens is 312 g/mol. The van der Waals surface area contributed by atoms with Crippen molar-refractivity contribution in [1.29, 1.82) is 0 Å². The molecule has 1 aromatic carbocycles. The maximum atomic E-state index is 12.7. The molecule has 4 heteroatoms. The van der Waals surface area contributed by atoms with E-state index in [0.717, 1.165) is 45.2 Å². The molecule has 0 unspecified atom stereocenters. The van der Waals surface area contributed by atoms with E-state index >= 15 is 0 Å². The van der Waals surface area contributed by atoms with Gasteiger partial charge in [-0.25, -0.2) is 0 Å². The van der Waals surface area contributed by atoms with Crippen LogP contribution in [-0.2, 0) is 22.4 Å². The zero-order chi connectivity index (χ0) is 17.8. The van der Waals surface area contributed by atoms with Crippen molar-refractivity contribution in [2.75, 3.05) is 13.1 Å². The summed E-state index contributed by atoms with van der Waals surface area (Å²) in [6.45, 7) is 5.41. The molecule has 4 nitrogen and oxygen atoms in total. The molecule has 1 saturated heterocycles. The van der Waals surface area contributed by atoms with E-state index in [2.05, 4.69) is 29.6 Å². The number of nitrogens with zero attached hydrogens (tertiary/aromatic N) is 1. The average Bonchev–Trinajstić information content (AvgIpc) is 2.61. The first-order chi connectivity index (χ1) is 12.0. The van der Waals surface area contributed by atoms with Crippen molar-refractivity contribution in [3.8, 4) is 0 Å². The number of piperidine rings is 1. The predicted molar refractivity (Wildman–Crippen MR) is 99.2 cm³/mol. The van der Waals surface area contributed by atoms with Crippen LogP contribution < -0.4 is 5.32 Å². The van der Waals surface area contributed by atoms with Crippen LogP contribution in [0.2, 0.25) is 0 Å². The molecule has 0 saturated carbocycles. The summed E-state index contributed by atoms with van der Waals surface area (Å²) in [5.41, 5.74) is 2.86. The minimum absolute atomic E-state index is 0.0630. The van der Waals surface area contributed by atoms with Crippen molar-refractivity contribution in [1.82, 2.24) is 10.2 Å². The van der Waals surface area contributed by atoms with Gasteiger partial charge in [0.05, 0.1) is 0 Å². The molecule has 1 aliphatic carbocycles. The van der Waals surface area contributed by atoms with E-state index in [1.54, 1.807) is 0 Å². The second-order valence-corrected chi connectivity index (χ2v) is 7.90. The summed E-state index contributed by atoms with van der Waals surface area (Å²) in [5.74, 6) is 0.940. The number of hydrogen-bond acceptors (Lipinski definition) is 2. The quantitative estimate of drug-likeness (QED) is 0.914. The Morgan fingerprint density at radius 1 is 1.12 bits per heavy atom. The van der Waals surface area contributed by atoms with Crippen LogP contribution in [0, 0.1) is 11.8 Å². The first-order valence-electron chi connectivity index (χ1n) is 9.68. The van der Waals surface area contributed by atoms with Gasteiger partial charge in [-0.3, -0.25) is 9.59 Å². The predicted octanol–water partition coefficient (Wildman–Crippen LogP) is 2.94. The zero-order valence-electron chi connectivity index (χ0n) is 15.5. The number of nitrogens with one attached hydrogen (secondary N) is 1. The van der Waals surface area contributed by atoms with Crippen molar-refractivity contribution in [2.45, 2.75) is 58.4 Å². The van der Waals surface area contributed by atoms with Crippen LogP contribution in [0.4, 0.5) is 0 Å². The lowest BCUT2D eigenvalue weighted by molar-refractivity contribution is -0.136. The van der Waals surface area contributed by atoms with Crippen LogP contribution in [0.1, 0.15) is 50.7 Å². The Balaban J connectivity index is 1.47. The monoisotopic (exact) mass is 342 g/mol. The molecule has 136 valence electrons. The minimum Gasteiger partial charge on any atom is -0.354 e. The van der Waals surface area contributed by atoms with E-state index in [9.17, 15) is 9.59 Å². The van der Waals surface area contributed by atoms with Crippen molar-refractivity contribution in [3.05, 3.63) is 35.4 Å². The van der Waals surface area contributed by atoms with E-state index < -0.39 is 0 Å². The van der Waals surface area contributed by atoms with Crippen molar-refractivity contribution >= 4 is 11.8 Å². The average molecular weight is 342 g/mol. The first-order valence-corrected chi connectivity index (χ1v) is 9.68. The third-order valence-corrected chi connectivity index (χ3v) is 5.56. The minimum atomic E-state index is 0.0630. The second-order valence-electron chi connectivity index (χ2n) is 7.90. The smallest absolute Gasteiger partial charge is 0.223 e. The Morgan fingerprint density at radius 3 is 2.48 bits per heavy atom. The molecule has 1 atom stereocenters. The van der Waals surface area contributed by atoms with Crippen LogP contribution in [0.15, 0.2) is 24.3 Å². The number of rotatable bonds is 4. The van der Waals surface area contributed by atoms with Crippen LogP contribution in [0.5, 0.6) is 0 Å². The molecule has 1 aliphatic heterocycles. The molecule has 0 spiro atoms. The molecule has 2 aliphatic rings. The van der Waals surface area contributed by atoms with Gasteiger partial charge < -0.3 is 10.2 Å². The van der Waals surface area contributed by atoms with E-state index in [1.807, 2.05) is 18.7 Å². The molecule has 0 radical (unpaired) electrons. The number of fused-ring (bicyclic) bond motifs is 1. The summed E-state index contributed by atoms with van der Waals surface area (Å²) in [6.07, 6.45) is 5.45. The third-order valence-electron chi connectivity index (χ3n) is 5.56. The molecule has 1 aromatic rings. The summed E-state index contributed by atoms with van der Waals surface area (Å²) in [7, 11) is 0. The second kappa shape index (κ2) is 8.03. The largest absolute Gasteiger partial charge is 0.354 e. The van der Waals surface area contributed by atoms with Gasteiger partial charge in [0.1, 0.15) is 0 Å². The van der Waals surface area contributed by atoms with Crippen molar-refractivity contribution in [2.24, 2.45) is 11.8 Å². The number of carbonyl (C=O) groups excluding carboxylic acids is 2. The Bertz CT molecular complexity index is 618. The topological polar surface area (TPSA) is 49.4 Å². The Hall–Kier alpha value is -1.84. The molecule has 0 bridgehead atoms. The maximum absolute atomic E-state index is 12.7. The molecular formula is C21H30N2O2. The first kappa shape index (κ1) is 18.0. The fourth-order valence-electron chi connectivity index (χ4n) is 4.12. The molecule has 1 fully saturated rings. The summed E-state index contributed by atoms with van der Waals surface area (Å²) < 4.78 is 0. The van der Waals surface area contributed by atoms with Gasteiger partial charge in [0.25, 0.3) is 0 Å². The van der Waals surface area contributed by atoms with E-state index in [-0.39, 0.29) is 23.8 Å². The third kappa shape index (κ3) is 4.62. The van der Waals surface area contributed by atoms with Gasteiger partial charge in [-0.15, -0.1) is 0 Å². The summed E-state index contributed by atoms with van der Waals surface area (Å²) in [4.78, 5) is 26.7. The van der Waals surface area contributed by atoms with Crippen LogP contribution >= 0.6 is 0 Å². The fraction of sp³-hybridized carbons (Fsp3) is 0.619. The maximum Gasteiger partial charge on any atom is 0.223 e. The molecule has 0 aromatic heterocycles. The van der Waals surface area contributed by atoms with Gasteiger partial charge in [0.15, 0.2) is 0 Å². The van der Waals surface area contributed by atoms with Gasteiger partial charge in [0, 0.05) is 31.5 Å². The SMILES string of the molecule is CC(C)NC(=O)C1CCN(C(=O)C[C@@H]2CCc3ccccc3C2)CC1. The van der Waals surface area contributed by atoms with Crippen molar-refractivity contribution in [3.63, 3.8) is 0 Å². The van der Waals surface area contributed by atoms with E-state index in [4.69, 9.17) is 0 Å². The Kier molecular flexibility index (Phi) is 5.77. The normalized spacial score (nSPS) is 21.1. The fourth-order valence-corrected chi connectivity index (χ4v) is 4.12. The zero-order valence-corrected chi connectivity index (χ0v) is 15.5. The number of benzene rings is 1. The highest BCUT2D eigenvalue weighted by atomic mass is 16.2. The van der Waals surface area contributed by atoms with Gasteiger partial charge in [-0.2, -0.15) is 0 Å². The van der Waals surface area contributed by atoms with Crippen molar-refractivity contribution < 1.29 is 9.59 Å². The summed E-state index contributed by atoms with van der Waals surface area (Å²) in [6, 6.07) is 8.78. The summed E-state index contributed by atoms with van der Waals surface area (Å²) in [5, 5.41) is 2.99. The van der Waals surface area contributed by atoms with Crippen LogP contribution in [0.25, 0.3) is 0 Å². The van der Waals surface area contributed by atoms with Gasteiger partial charge in [-0.05, 0) is 63.0 Å². The molecule has 3 rings (SSSR count).